The number of hydrogen-bond acceptors (Lipinski definition) is 1. The third-order valence-corrected chi connectivity index (χ3v) is 3.02. The summed E-state index contributed by atoms with van der Waals surface area (Å²) in [4.78, 5) is 0. The van der Waals surface area contributed by atoms with Crippen molar-refractivity contribution in [3.63, 3.8) is 0 Å². The summed E-state index contributed by atoms with van der Waals surface area (Å²) in [7, 11) is 0. The highest BCUT2D eigenvalue weighted by atomic mass is 16.5. The Morgan fingerprint density at radius 1 is 1.25 bits per heavy atom. The van der Waals surface area contributed by atoms with Crippen LogP contribution in [-0.4, -0.2) is 12.2 Å². The standard InChI is InChI=1S/C11H22O/c1-4-9-12-11(2,3)10-7-5-6-8-10/h10H,4-9H2,1-3H3. The molecular formula is C11H22O. The topological polar surface area (TPSA) is 9.23 Å². The third kappa shape index (κ3) is 2.48. The normalized spacial score (nSPS) is 20.2. The van der Waals surface area contributed by atoms with Gasteiger partial charge in [-0.15, -0.1) is 0 Å². The molecule has 0 amide bonds. The number of hydrogen-bond donors (Lipinski definition) is 0. The average molecular weight is 170 g/mol. The minimum absolute atomic E-state index is 0.131. The molecule has 1 aliphatic rings. The molecule has 0 bridgehead atoms. The van der Waals surface area contributed by atoms with E-state index < -0.39 is 0 Å². The Balaban J connectivity index is 2.34. The molecule has 1 rings (SSSR count). The quantitative estimate of drug-likeness (QED) is 0.628. The van der Waals surface area contributed by atoms with Gasteiger partial charge in [0.25, 0.3) is 0 Å². The lowest BCUT2D eigenvalue weighted by atomic mass is 9.89. The molecule has 0 radical (unpaired) electrons. The van der Waals surface area contributed by atoms with Gasteiger partial charge in [-0.05, 0) is 39.0 Å². The molecule has 0 unspecified atom stereocenters. The van der Waals surface area contributed by atoms with E-state index in [1.54, 1.807) is 0 Å². The van der Waals surface area contributed by atoms with Gasteiger partial charge in [-0.3, -0.25) is 0 Å². The second-order valence-corrected chi connectivity index (χ2v) is 4.43. The molecule has 72 valence electrons. The molecule has 1 aliphatic carbocycles. The van der Waals surface area contributed by atoms with E-state index in [2.05, 4.69) is 20.8 Å². The van der Waals surface area contributed by atoms with Crippen LogP contribution >= 0.6 is 0 Å². The van der Waals surface area contributed by atoms with Crippen LogP contribution in [0, 0.1) is 5.92 Å². The second-order valence-electron chi connectivity index (χ2n) is 4.43. The minimum atomic E-state index is 0.131. The molecule has 0 spiro atoms. The summed E-state index contributed by atoms with van der Waals surface area (Å²) in [5.74, 6) is 0.809. The van der Waals surface area contributed by atoms with Gasteiger partial charge in [-0.2, -0.15) is 0 Å². The number of ether oxygens (including phenoxy) is 1. The van der Waals surface area contributed by atoms with Crippen LogP contribution in [0.5, 0.6) is 0 Å². The molecule has 12 heavy (non-hydrogen) atoms. The average Bonchev–Trinajstić information content (AvgIpc) is 2.53. The lowest BCUT2D eigenvalue weighted by molar-refractivity contribution is -0.0580. The summed E-state index contributed by atoms with van der Waals surface area (Å²) >= 11 is 0. The molecule has 0 aliphatic heterocycles. The molecule has 0 aromatic rings. The van der Waals surface area contributed by atoms with Crippen molar-refractivity contribution in [1.82, 2.24) is 0 Å². The van der Waals surface area contributed by atoms with Gasteiger partial charge in [0.15, 0.2) is 0 Å². The van der Waals surface area contributed by atoms with Crippen LogP contribution in [0.15, 0.2) is 0 Å². The van der Waals surface area contributed by atoms with E-state index in [0.717, 1.165) is 18.9 Å². The second kappa shape index (κ2) is 4.27. The van der Waals surface area contributed by atoms with Crippen LogP contribution in [0.1, 0.15) is 52.9 Å². The lowest BCUT2D eigenvalue weighted by Gasteiger charge is -2.31. The highest BCUT2D eigenvalue weighted by molar-refractivity contribution is 4.83. The first kappa shape index (κ1) is 10.0. The summed E-state index contributed by atoms with van der Waals surface area (Å²) in [6, 6.07) is 0. The Morgan fingerprint density at radius 3 is 2.33 bits per heavy atom. The van der Waals surface area contributed by atoms with Gasteiger partial charge in [-0.1, -0.05) is 19.8 Å². The van der Waals surface area contributed by atoms with Gasteiger partial charge in [0.05, 0.1) is 5.60 Å². The molecule has 1 heteroatoms. The zero-order chi connectivity index (χ0) is 9.03. The zero-order valence-corrected chi connectivity index (χ0v) is 8.73. The first-order valence-corrected chi connectivity index (χ1v) is 5.31. The largest absolute Gasteiger partial charge is 0.375 e. The van der Waals surface area contributed by atoms with Gasteiger partial charge < -0.3 is 4.74 Å². The molecular weight excluding hydrogens is 148 g/mol. The van der Waals surface area contributed by atoms with Crippen molar-refractivity contribution in [2.24, 2.45) is 5.92 Å². The van der Waals surface area contributed by atoms with Crippen molar-refractivity contribution in [1.29, 1.82) is 0 Å². The third-order valence-electron chi connectivity index (χ3n) is 3.02. The predicted molar refractivity (Wildman–Crippen MR) is 52.3 cm³/mol. The molecule has 1 nitrogen and oxygen atoms in total. The van der Waals surface area contributed by atoms with Crippen molar-refractivity contribution in [2.75, 3.05) is 6.61 Å². The van der Waals surface area contributed by atoms with Crippen LogP contribution in [0.3, 0.4) is 0 Å². The molecule has 0 N–H and O–H groups in total. The van der Waals surface area contributed by atoms with Crippen molar-refractivity contribution >= 4 is 0 Å². The zero-order valence-electron chi connectivity index (χ0n) is 8.73. The first-order chi connectivity index (χ1) is 5.67. The highest BCUT2D eigenvalue weighted by Crippen LogP contribution is 2.35. The monoisotopic (exact) mass is 170 g/mol. The van der Waals surface area contributed by atoms with E-state index in [-0.39, 0.29) is 5.60 Å². The Morgan fingerprint density at radius 2 is 1.83 bits per heavy atom. The summed E-state index contributed by atoms with van der Waals surface area (Å²) in [6.45, 7) is 7.59. The lowest BCUT2D eigenvalue weighted by Crippen LogP contribution is -2.33. The Kier molecular flexibility index (Phi) is 3.57. The molecule has 1 fully saturated rings. The van der Waals surface area contributed by atoms with E-state index in [1.165, 1.54) is 25.7 Å². The first-order valence-electron chi connectivity index (χ1n) is 5.31. The van der Waals surface area contributed by atoms with Gasteiger partial charge in [0.1, 0.15) is 0 Å². The maximum atomic E-state index is 5.86. The molecule has 0 aromatic heterocycles. The summed E-state index contributed by atoms with van der Waals surface area (Å²) < 4.78 is 5.86. The molecule has 0 heterocycles. The smallest absolute Gasteiger partial charge is 0.0654 e. The van der Waals surface area contributed by atoms with Gasteiger partial charge >= 0.3 is 0 Å². The minimum Gasteiger partial charge on any atom is -0.375 e. The van der Waals surface area contributed by atoms with E-state index in [1.807, 2.05) is 0 Å². The van der Waals surface area contributed by atoms with Crippen LogP contribution in [0.2, 0.25) is 0 Å². The van der Waals surface area contributed by atoms with Crippen LogP contribution in [0.4, 0.5) is 0 Å². The van der Waals surface area contributed by atoms with E-state index in [4.69, 9.17) is 4.74 Å². The van der Waals surface area contributed by atoms with E-state index in [0.29, 0.717) is 0 Å². The highest BCUT2D eigenvalue weighted by Gasteiger charge is 2.32. The van der Waals surface area contributed by atoms with Crippen LogP contribution in [-0.2, 0) is 4.74 Å². The van der Waals surface area contributed by atoms with Crippen LogP contribution < -0.4 is 0 Å². The molecule has 0 aromatic carbocycles. The fourth-order valence-electron chi connectivity index (χ4n) is 2.10. The Bertz CT molecular complexity index is 123. The molecule has 0 atom stereocenters. The Hall–Kier alpha value is -0.0400. The number of rotatable bonds is 4. The fraction of sp³-hybridized carbons (Fsp3) is 1.00. The maximum absolute atomic E-state index is 5.86. The van der Waals surface area contributed by atoms with Crippen molar-refractivity contribution in [3.8, 4) is 0 Å². The SMILES string of the molecule is CCCOC(C)(C)C1CCCC1. The van der Waals surface area contributed by atoms with Crippen molar-refractivity contribution in [3.05, 3.63) is 0 Å². The van der Waals surface area contributed by atoms with E-state index in [9.17, 15) is 0 Å². The molecule has 0 saturated heterocycles. The summed E-state index contributed by atoms with van der Waals surface area (Å²) in [5.41, 5.74) is 0.131. The predicted octanol–water partition coefficient (Wildman–Crippen LogP) is 3.38. The van der Waals surface area contributed by atoms with Crippen LogP contribution in [0.25, 0.3) is 0 Å². The van der Waals surface area contributed by atoms with Crippen molar-refractivity contribution < 1.29 is 4.74 Å². The molecule has 1 saturated carbocycles. The van der Waals surface area contributed by atoms with Gasteiger partial charge in [-0.25, -0.2) is 0 Å². The van der Waals surface area contributed by atoms with Gasteiger partial charge in [0.2, 0.25) is 0 Å². The van der Waals surface area contributed by atoms with Crippen molar-refractivity contribution in [2.45, 2.75) is 58.5 Å². The van der Waals surface area contributed by atoms with Gasteiger partial charge in [0, 0.05) is 6.61 Å². The fourth-order valence-corrected chi connectivity index (χ4v) is 2.10. The van der Waals surface area contributed by atoms with E-state index >= 15 is 0 Å². The summed E-state index contributed by atoms with van der Waals surface area (Å²) in [5, 5.41) is 0. The summed E-state index contributed by atoms with van der Waals surface area (Å²) in [6.07, 6.45) is 6.69. The maximum Gasteiger partial charge on any atom is 0.0654 e. The Labute approximate surface area is 76.5 Å².